The summed E-state index contributed by atoms with van der Waals surface area (Å²) in [5.74, 6) is -0.421. The van der Waals surface area contributed by atoms with Gasteiger partial charge in [0.15, 0.2) is 0 Å². The molecule has 0 atom stereocenters. The first-order chi connectivity index (χ1) is 8.06. The van der Waals surface area contributed by atoms with Crippen molar-refractivity contribution in [3.05, 3.63) is 35.2 Å². The van der Waals surface area contributed by atoms with Gasteiger partial charge in [-0.25, -0.2) is 9.78 Å². The van der Waals surface area contributed by atoms with Crippen LogP contribution < -0.4 is 0 Å². The molecule has 0 aliphatic rings. The number of fused-ring (bicyclic) bond motifs is 3. The summed E-state index contributed by atoms with van der Waals surface area (Å²) in [5.41, 5.74) is 4.28. The van der Waals surface area contributed by atoms with Gasteiger partial charge in [-0.1, -0.05) is 0 Å². The minimum Gasteiger partial charge on any atom is -0.477 e. The summed E-state index contributed by atoms with van der Waals surface area (Å²) in [5, 5.41) is 8.90. The van der Waals surface area contributed by atoms with Crippen molar-refractivity contribution in [2.75, 3.05) is 0 Å². The Kier molecular flexibility index (Phi) is 1.80. The molecule has 0 saturated carbocycles. The van der Waals surface area contributed by atoms with Gasteiger partial charge in [0.1, 0.15) is 5.69 Å². The number of aromatic carboxylic acids is 1. The molecular formula is C12H11N3O2. The van der Waals surface area contributed by atoms with Gasteiger partial charge in [-0.2, -0.15) is 0 Å². The molecule has 0 aliphatic heterocycles. The number of rotatable bonds is 1. The first-order valence-corrected chi connectivity index (χ1v) is 5.27. The molecule has 3 rings (SSSR count). The fraction of sp³-hybridized carbons (Fsp3) is 0.167. The Hall–Kier alpha value is -2.30. The van der Waals surface area contributed by atoms with E-state index in [-0.39, 0.29) is 5.69 Å². The van der Waals surface area contributed by atoms with E-state index < -0.39 is 5.97 Å². The Balaban J connectivity index is 2.40. The smallest absolute Gasteiger partial charge is 0.353 e. The Bertz CT molecular complexity index is 752. The molecule has 0 unspecified atom stereocenters. The minimum absolute atomic E-state index is 0.146. The van der Waals surface area contributed by atoms with Gasteiger partial charge in [0.05, 0.1) is 11.0 Å². The zero-order valence-electron chi connectivity index (χ0n) is 9.48. The van der Waals surface area contributed by atoms with E-state index >= 15 is 0 Å². The molecule has 2 heterocycles. The second-order valence-electron chi connectivity index (χ2n) is 4.20. The fourth-order valence-corrected chi connectivity index (χ4v) is 1.96. The van der Waals surface area contributed by atoms with Gasteiger partial charge in [-0.15, -0.1) is 0 Å². The van der Waals surface area contributed by atoms with Gasteiger partial charge in [0.25, 0.3) is 0 Å². The highest BCUT2D eigenvalue weighted by Gasteiger charge is 2.12. The molecule has 5 nitrogen and oxygen atoms in total. The van der Waals surface area contributed by atoms with Crippen LogP contribution in [0.3, 0.4) is 0 Å². The molecule has 0 aliphatic carbocycles. The average molecular weight is 229 g/mol. The number of aromatic nitrogens is 3. The van der Waals surface area contributed by atoms with Crippen molar-refractivity contribution in [3.63, 3.8) is 0 Å². The average Bonchev–Trinajstić information content (AvgIpc) is 2.78. The molecule has 0 spiro atoms. The van der Waals surface area contributed by atoms with E-state index in [0.29, 0.717) is 5.78 Å². The van der Waals surface area contributed by atoms with Crippen LogP contribution in [0, 0.1) is 13.8 Å². The molecule has 5 heteroatoms. The van der Waals surface area contributed by atoms with Crippen LogP contribution in [0.2, 0.25) is 0 Å². The number of H-pyrrole nitrogens is 1. The lowest BCUT2D eigenvalue weighted by Gasteiger charge is -1.98. The topological polar surface area (TPSA) is 70.4 Å². The minimum atomic E-state index is -0.979. The predicted octanol–water partition coefficient (Wildman–Crippen LogP) is 2.13. The second kappa shape index (κ2) is 3.10. The second-order valence-corrected chi connectivity index (χ2v) is 4.20. The summed E-state index contributed by atoms with van der Waals surface area (Å²) in [7, 11) is 0. The van der Waals surface area contributed by atoms with Crippen molar-refractivity contribution in [3.8, 4) is 0 Å². The van der Waals surface area contributed by atoms with E-state index in [1.54, 1.807) is 10.6 Å². The van der Waals surface area contributed by atoms with E-state index in [9.17, 15) is 4.79 Å². The predicted molar refractivity (Wildman–Crippen MR) is 63.5 cm³/mol. The number of carboxylic acids is 1. The Labute approximate surface area is 96.7 Å². The van der Waals surface area contributed by atoms with E-state index in [0.717, 1.165) is 16.6 Å². The molecule has 17 heavy (non-hydrogen) atoms. The number of aromatic amines is 1. The summed E-state index contributed by atoms with van der Waals surface area (Å²) in [6, 6.07) is 4.02. The normalized spacial score (nSPS) is 11.4. The van der Waals surface area contributed by atoms with Gasteiger partial charge < -0.3 is 10.1 Å². The SMILES string of the molecule is Cc1cc2nc3[nH]c(C(=O)O)cn3c2cc1C. The lowest BCUT2D eigenvalue weighted by Crippen LogP contribution is -1.95. The summed E-state index contributed by atoms with van der Waals surface area (Å²) < 4.78 is 1.77. The molecule has 2 N–H and O–H groups in total. The van der Waals surface area contributed by atoms with Gasteiger partial charge in [0.2, 0.25) is 5.78 Å². The van der Waals surface area contributed by atoms with Gasteiger partial charge in [0, 0.05) is 6.20 Å². The molecule has 0 fully saturated rings. The van der Waals surface area contributed by atoms with Gasteiger partial charge in [-0.3, -0.25) is 4.40 Å². The van der Waals surface area contributed by atoms with Crippen molar-refractivity contribution in [1.29, 1.82) is 0 Å². The third-order valence-corrected chi connectivity index (χ3v) is 3.04. The van der Waals surface area contributed by atoms with Crippen LogP contribution in [0.25, 0.3) is 16.8 Å². The van der Waals surface area contributed by atoms with Crippen LogP contribution >= 0.6 is 0 Å². The number of benzene rings is 1. The lowest BCUT2D eigenvalue weighted by molar-refractivity contribution is 0.0691. The number of hydrogen-bond acceptors (Lipinski definition) is 2. The van der Waals surface area contributed by atoms with Crippen molar-refractivity contribution in [2.24, 2.45) is 0 Å². The van der Waals surface area contributed by atoms with Gasteiger partial charge in [-0.05, 0) is 37.1 Å². The van der Waals surface area contributed by atoms with E-state index in [4.69, 9.17) is 5.11 Å². The monoisotopic (exact) mass is 229 g/mol. The molecule has 1 aromatic carbocycles. The molecule has 86 valence electrons. The zero-order valence-corrected chi connectivity index (χ0v) is 9.48. The van der Waals surface area contributed by atoms with Crippen LogP contribution in [-0.4, -0.2) is 25.4 Å². The number of imidazole rings is 2. The maximum atomic E-state index is 10.9. The largest absolute Gasteiger partial charge is 0.477 e. The molecule has 0 saturated heterocycles. The molecule has 0 bridgehead atoms. The highest BCUT2D eigenvalue weighted by Crippen LogP contribution is 2.20. The van der Waals surface area contributed by atoms with Crippen LogP contribution in [0.4, 0.5) is 0 Å². The summed E-state index contributed by atoms with van der Waals surface area (Å²) in [6.07, 6.45) is 1.56. The quantitative estimate of drug-likeness (QED) is 0.671. The maximum absolute atomic E-state index is 10.9. The third-order valence-electron chi connectivity index (χ3n) is 3.04. The van der Waals surface area contributed by atoms with Crippen molar-refractivity contribution in [2.45, 2.75) is 13.8 Å². The van der Waals surface area contributed by atoms with Crippen LogP contribution in [0.15, 0.2) is 18.3 Å². The van der Waals surface area contributed by atoms with E-state index in [1.807, 2.05) is 26.0 Å². The van der Waals surface area contributed by atoms with Crippen molar-refractivity contribution in [1.82, 2.24) is 14.4 Å². The number of aryl methyl sites for hydroxylation is 2. The molecule has 2 aromatic heterocycles. The number of carboxylic acid groups (broad SMARTS) is 1. The van der Waals surface area contributed by atoms with Crippen LogP contribution in [-0.2, 0) is 0 Å². The number of nitrogens with one attached hydrogen (secondary N) is 1. The number of nitrogens with zero attached hydrogens (tertiary/aromatic N) is 2. The fourth-order valence-electron chi connectivity index (χ4n) is 1.96. The third kappa shape index (κ3) is 1.32. The maximum Gasteiger partial charge on any atom is 0.353 e. The Morgan fingerprint density at radius 2 is 2.06 bits per heavy atom. The first kappa shape index (κ1) is 9.89. The van der Waals surface area contributed by atoms with E-state index in [1.165, 1.54) is 5.56 Å². The Morgan fingerprint density at radius 1 is 1.35 bits per heavy atom. The number of hydrogen-bond donors (Lipinski definition) is 2. The van der Waals surface area contributed by atoms with Crippen molar-refractivity contribution < 1.29 is 9.90 Å². The van der Waals surface area contributed by atoms with Crippen molar-refractivity contribution >= 4 is 22.8 Å². The van der Waals surface area contributed by atoms with Crippen LogP contribution in [0.5, 0.6) is 0 Å². The van der Waals surface area contributed by atoms with E-state index in [2.05, 4.69) is 9.97 Å². The zero-order chi connectivity index (χ0) is 12.2. The molecule has 0 amide bonds. The summed E-state index contributed by atoms with van der Waals surface area (Å²) >= 11 is 0. The summed E-state index contributed by atoms with van der Waals surface area (Å²) in [4.78, 5) is 18.0. The summed E-state index contributed by atoms with van der Waals surface area (Å²) in [6.45, 7) is 4.06. The first-order valence-electron chi connectivity index (χ1n) is 5.27. The number of carbonyl (C=O) groups is 1. The van der Waals surface area contributed by atoms with Gasteiger partial charge >= 0.3 is 5.97 Å². The molecule has 0 radical (unpaired) electrons. The standard InChI is InChI=1S/C12H11N3O2/c1-6-3-8-10(4-7(6)2)15-5-9(11(16)17)14-12(15)13-8/h3-5H,1-2H3,(H,13,14)(H,16,17). The Morgan fingerprint density at radius 3 is 2.76 bits per heavy atom. The molecular weight excluding hydrogens is 218 g/mol. The molecule has 3 aromatic rings. The highest BCUT2D eigenvalue weighted by molar-refractivity contribution is 5.88. The highest BCUT2D eigenvalue weighted by atomic mass is 16.4. The lowest BCUT2D eigenvalue weighted by atomic mass is 10.1. The van der Waals surface area contributed by atoms with Crippen LogP contribution in [0.1, 0.15) is 21.6 Å².